The van der Waals surface area contributed by atoms with Gasteiger partial charge in [-0.05, 0) is 42.6 Å². The number of piperidine rings is 1. The number of carboxylic acid groups (broad SMARTS) is 2. The zero-order chi connectivity index (χ0) is 22.8. The molecule has 0 bridgehead atoms. The molecule has 1 amide bonds. The average molecular weight is 491 g/mol. The van der Waals surface area contributed by atoms with Crippen molar-refractivity contribution in [3.63, 3.8) is 0 Å². The van der Waals surface area contributed by atoms with Crippen LogP contribution >= 0.6 is 15.9 Å². The van der Waals surface area contributed by atoms with Crippen LogP contribution in [0.15, 0.2) is 59.1 Å². The molecule has 1 atom stereocenters. The topological polar surface area (TPSA) is 98.2 Å². The van der Waals surface area contributed by atoms with Crippen LogP contribution in [-0.4, -0.2) is 58.0 Å². The maximum absolute atomic E-state index is 12.8. The monoisotopic (exact) mass is 490 g/mol. The Balaban J connectivity index is 0.000000501. The maximum Gasteiger partial charge on any atom is 0.414 e. The Labute approximate surface area is 190 Å². The molecular formula is C23H27BrN2O5. The Morgan fingerprint density at radius 1 is 1.03 bits per heavy atom. The third-order valence-corrected chi connectivity index (χ3v) is 5.46. The largest absolute Gasteiger partial charge is 0.473 e. The number of carbonyl (C=O) groups excluding carboxylic acids is 1. The summed E-state index contributed by atoms with van der Waals surface area (Å²) in [6.07, 6.45) is 2.08. The fraction of sp³-hybridized carbons (Fsp3) is 0.348. The van der Waals surface area contributed by atoms with Gasteiger partial charge in [0.1, 0.15) is 0 Å². The summed E-state index contributed by atoms with van der Waals surface area (Å²) >= 11 is 3.53. The van der Waals surface area contributed by atoms with Crippen molar-refractivity contribution in [2.75, 3.05) is 20.1 Å². The summed E-state index contributed by atoms with van der Waals surface area (Å²) in [7, 11) is 1.92. The van der Waals surface area contributed by atoms with Crippen molar-refractivity contribution >= 4 is 33.8 Å². The van der Waals surface area contributed by atoms with Crippen LogP contribution in [0.2, 0.25) is 0 Å². The maximum atomic E-state index is 12.8. The number of carboxylic acids is 2. The number of benzene rings is 2. The fourth-order valence-electron chi connectivity index (χ4n) is 3.54. The first-order chi connectivity index (χ1) is 14.8. The lowest BCUT2D eigenvalue weighted by Crippen LogP contribution is -2.43. The molecule has 0 aliphatic carbocycles. The molecule has 1 heterocycles. The molecule has 0 spiro atoms. The minimum atomic E-state index is -1.82. The number of carbonyl (C=O) groups is 3. The Bertz CT molecular complexity index is 879. The number of halogens is 1. The summed E-state index contributed by atoms with van der Waals surface area (Å²) in [5.41, 5.74) is 2.47. The van der Waals surface area contributed by atoms with E-state index in [4.69, 9.17) is 19.8 Å². The van der Waals surface area contributed by atoms with E-state index in [1.807, 2.05) is 36.2 Å². The van der Waals surface area contributed by atoms with Crippen molar-refractivity contribution in [2.45, 2.75) is 25.9 Å². The first-order valence-corrected chi connectivity index (χ1v) is 10.8. The van der Waals surface area contributed by atoms with E-state index in [9.17, 15) is 4.79 Å². The minimum Gasteiger partial charge on any atom is -0.473 e. The number of nitrogens with zero attached hydrogens (tertiary/aromatic N) is 2. The van der Waals surface area contributed by atoms with Crippen LogP contribution < -0.4 is 0 Å². The molecule has 166 valence electrons. The lowest BCUT2D eigenvalue weighted by Gasteiger charge is -2.34. The van der Waals surface area contributed by atoms with Crippen LogP contribution in [0.1, 0.15) is 24.0 Å². The molecule has 2 aromatic carbocycles. The van der Waals surface area contributed by atoms with Crippen LogP contribution in [0.5, 0.6) is 0 Å². The van der Waals surface area contributed by atoms with Gasteiger partial charge in [-0.3, -0.25) is 9.69 Å². The Morgan fingerprint density at radius 2 is 1.68 bits per heavy atom. The number of amides is 1. The van der Waals surface area contributed by atoms with Gasteiger partial charge < -0.3 is 15.1 Å². The number of aliphatic carboxylic acids is 2. The second-order valence-corrected chi connectivity index (χ2v) is 8.41. The van der Waals surface area contributed by atoms with Crippen LogP contribution in [-0.2, 0) is 27.5 Å². The van der Waals surface area contributed by atoms with Crippen molar-refractivity contribution in [3.05, 3.63) is 70.2 Å². The molecule has 1 aliphatic heterocycles. The summed E-state index contributed by atoms with van der Waals surface area (Å²) in [6, 6.07) is 18.6. The molecule has 1 saturated heterocycles. The quantitative estimate of drug-likeness (QED) is 0.622. The smallest absolute Gasteiger partial charge is 0.414 e. The van der Waals surface area contributed by atoms with Crippen LogP contribution in [0.25, 0.3) is 0 Å². The van der Waals surface area contributed by atoms with Crippen molar-refractivity contribution in [1.29, 1.82) is 0 Å². The predicted molar refractivity (Wildman–Crippen MR) is 120 cm³/mol. The molecule has 0 aromatic heterocycles. The van der Waals surface area contributed by atoms with E-state index in [-0.39, 0.29) is 11.8 Å². The van der Waals surface area contributed by atoms with Crippen LogP contribution in [0.3, 0.4) is 0 Å². The van der Waals surface area contributed by atoms with E-state index >= 15 is 0 Å². The van der Waals surface area contributed by atoms with E-state index in [1.54, 1.807) is 0 Å². The van der Waals surface area contributed by atoms with Gasteiger partial charge in [0.05, 0.1) is 5.92 Å². The van der Waals surface area contributed by atoms with Gasteiger partial charge in [-0.25, -0.2) is 9.59 Å². The van der Waals surface area contributed by atoms with Gasteiger partial charge >= 0.3 is 11.9 Å². The third kappa shape index (κ3) is 8.51. The van der Waals surface area contributed by atoms with E-state index < -0.39 is 11.9 Å². The van der Waals surface area contributed by atoms with E-state index in [2.05, 4.69) is 51.2 Å². The lowest BCUT2D eigenvalue weighted by molar-refractivity contribution is -0.159. The molecule has 3 rings (SSSR count). The highest BCUT2D eigenvalue weighted by atomic mass is 79.9. The predicted octanol–water partition coefficient (Wildman–Crippen LogP) is 3.48. The molecule has 2 aromatic rings. The van der Waals surface area contributed by atoms with Gasteiger partial charge in [0.25, 0.3) is 0 Å². The van der Waals surface area contributed by atoms with Crippen molar-refractivity contribution in [1.82, 2.24) is 9.80 Å². The summed E-state index contributed by atoms with van der Waals surface area (Å²) in [4.78, 5) is 35.3. The highest BCUT2D eigenvalue weighted by Crippen LogP contribution is 2.22. The van der Waals surface area contributed by atoms with E-state index in [0.717, 1.165) is 36.9 Å². The average Bonchev–Trinajstić information content (AvgIpc) is 2.74. The van der Waals surface area contributed by atoms with Crippen molar-refractivity contribution < 1.29 is 24.6 Å². The highest BCUT2D eigenvalue weighted by Gasteiger charge is 2.28. The van der Waals surface area contributed by atoms with Crippen LogP contribution in [0, 0.1) is 5.92 Å². The Hall–Kier alpha value is -2.71. The van der Waals surface area contributed by atoms with Gasteiger partial charge in [-0.2, -0.15) is 0 Å². The molecule has 1 aliphatic rings. The molecule has 0 saturated carbocycles. The third-order valence-electron chi connectivity index (χ3n) is 4.97. The van der Waals surface area contributed by atoms with E-state index in [1.165, 1.54) is 11.1 Å². The molecule has 1 fully saturated rings. The fourth-order valence-corrected chi connectivity index (χ4v) is 3.99. The van der Waals surface area contributed by atoms with Crippen molar-refractivity contribution in [2.24, 2.45) is 5.92 Å². The first-order valence-electron chi connectivity index (χ1n) is 9.98. The standard InChI is InChI=1S/C21H25BrN2O.C2H2O4/c1-23(14-17-7-3-2-4-8-17)21(25)19-10-6-12-24(16-19)15-18-9-5-11-20(22)13-18;3-1(4)2(5)6/h2-5,7-9,11,13,19H,6,10,12,14-16H2,1H3;(H,3,4)(H,5,6). The molecule has 7 nitrogen and oxygen atoms in total. The Morgan fingerprint density at radius 3 is 2.29 bits per heavy atom. The first kappa shape index (κ1) is 24.6. The minimum absolute atomic E-state index is 0.106. The highest BCUT2D eigenvalue weighted by molar-refractivity contribution is 9.10. The number of rotatable bonds is 5. The summed E-state index contributed by atoms with van der Waals surface area (Å²) in [6.45, 7) is 3.51. The molecular weight excluding hydrogens is 464 g/mol. The normalized spacial score (nSPS) is 16.0. The van der Waals surface area contributed by atoms with Crippen LogP contribution in [0.4, 0.5) is 0 Å². The molecule has 2 N–H and O–H groups in total. The zero-order valence-electron chi connectivity index (χ0n) is 17.4. The lowest BCUT2D eigenvalue weighted by atomic mass is 9.96. The molecule has 1 unspecified atom stereocenters. The summed E-state index contributed by atoms with van der Waals surface area (Å²) < 4.78 is 1.11. The summed E-state index contributed by atoms with van der Waals surface area (Å²) in [5.74, 6) is -3.28. The molecule has 8 heteroatoms. The van der Waals surface area contributed by atoms with Gasteiger partial charge in [0, 0.05) is 31.2 Å². The number of hydrogen-bond donors (Lipinski definition) is 2. The van der Waals surface area contributed by atoms with Gasteiger partial charge in [-0.1, -0.05) is 58.4 Å². The van der Waals surface area contributed by atoms with Crippen molar-refractivity contribution in [3.8, 4) is 0 Å². The molecule has 0 radical (unpaired) electrons. The van der Waals surface area contributed by atoms with E-state index in [0.29, 0.717) is 6.54 Å². The van der Waals surface area contributed by atoms with Gasteiger partial charge in [0.2, 0.25) is 5.91 Å². The zero-order valence-corrected chi connectivity index (χ0v) is 19.0. The Kier molecular flexibility index (Phi) is 9.68. The van der Waals surface area contributed by atoms with Gasteiger partial charge in [0.15, 0.2) is 0 Å². The summed E-state index contributed by atoms with van der Waals surface area (Å²) in [5, 5.41) is 14.8. The second-order valence-electron chi connectivity index (χ2n) is 7.49. The number of hydrogen-bond acceptors (Lipinski definition) is 4. The van der Waals surface area contributed by atoms with Gasteiger partial charge in [-0.15, -0.1) is 0 Å². The number of likely N-dealkylation sites (tertiary alicyclic amines) is 1. The molecule has 31 heavy (non-hydrogen) atoms. The SMILES string of the molecule is CN(Cc1ccccc1)C(=O)C1CCCN(Cc2cccc(Br)c2)C1.O=C(O)C(=O)O. The second kappa shape index (κ2) is 12.2.